The van der Waals surface area contributed by atoms with E-state index in [2.05, 4.69) is 62.3 Å². The van der Waals surface area contributed by atoms with Gasteiger partial charge >= 0.3 is 0 Å². The predicted molar refractivity (Wildman–Crippen MR) is 85.3 cm³/mol. The van der Waals surface area contributed by atoms with Crippen LogP contribution < -0.4 is 5.32 Å². The average Bonchev–Trinajstić information content (AvgIpc) is 2.88. The molecule has 0 aliphatic heterocycles. The minimum absolute atomic E-state index is 0.258. The first-order valence-corrected chi connectivity index (χ1v) is 8.00. The van der Waals surface area contributed by atoms with Gasteiger partial charge in [0.2, 0.25) is 0 Å². The zero-order valence-electron chi connectivity index (χ0n) is 10.8. The maximum absolute atomic E-state index is 5.46. The van der Waals surface area contributed by atoms with Crippen LogP contribution in [0.5, 0.6) is 0 Å². The third kappa shape index (κ3) is 4.20. The number of halogens is 2. The average molecular weight is 387 g/mol. The third-order valence-corrected chi connectivity index (χ3v) is 4.14. The lowest BCUT2D eigenvalue weighted by atomic mass is 10.0. The third-order valence-electron chi connectivity index (χ3n) is 2.96. The quantitative estimate of drug-likeness (QED) is 0.747. The van der Waals surface area contributed by atoms with Gasteiger partial charge in [0.05, 0.1) is 6.26 Å². The Balaban J connectivity index is 2.20. The fourth-order valence-electron chi connectivity index (χ4n) is 2.02. The standard InChI is InChI=1S/C15H17Br2NO/c1-2-7-18-15(10-12-4-3-8-19-12)13-6-5-11(16)9-14(13)17/h3-6,8-9,15,18H,2,7,10H2,1H3. The monoisotopic (exact) mass is 385 g/mol. The molecule has 1 unspecified atom stereocenters. The van der Waals surface area contributed by atoms with Crippen LogP contribution in [0.15, 0.2) is 50.0 Å². The van der Waals surface area contributed by atoms with E-state index in [-0.39, 0.29) is 6.04 Å². The van der Waals surface area contributed by atoms with Gasteiger partial charge in [-0.3, -0.25) is 0 Å². The van der Waals surface area contributed by atoms with Crippen molar-refractivity contribution in [3.05, 3.63) is 56.9 Å². The summed E-state index contributed by atoms with van der Waals surface area (Å²) in [5.41, 5.74) is 1.26. The molecular formula is C15H17Br2NO. The van der Waals surface area contributed by atoms with Crippen LogP contribution in [-0.4, -0.2) is 6.54 Å². The summed E-state index contributed by atoms with van der Waals surface area (Å²) >= 11 is 7.13. The normalized spacial score (nSPS) is 12.6. The molecule has 0 bridgehead atoms. The van der Waals surface area contributed by atoms with Gasteiger partial charge < -0.3 is 9.73 Å². The Hall–Kier alpha value is -0.580. The highest BCUT2D eigenvalue weighted by Crippen LogP contribution is 2.29. The second kappa shape index (κ2) is 7.27. The molecule has 1 heterocycles. The lowest BCUT2D eigenvalue weighted by Gasteiger charge is -2.19. The summed E-state index contributed by atoms with van der Waals surface area (Å²) in [6.07, 6.45) is 3.69. The van der Waals surface area contributed by atoms with Gasteiger partial charge in [-0.05, 0) is 42.8 Å². The molecule has 2 rings (SSSR count). The van der Waals surface area contributed by atoms with Crippen LogP contribution in [-0.2, 0) is 6.42 Å². The molecule has 1 aromatic carbocycles. The smallest absolute Gasteiger partial charge is 0.105 e. The van der Waals surface area contributed by atoms with Crippen LogP contribution in [0, 0.1) is 0 Å². The van der Waals surface area contributed by atoms with Gasteiger partial charge in [0.1, 0.15) is 5.76 Å². The van der Waals surface area contributed by atoms with Gasteiger partial charge in [-0.2, -0.15) is 0 Å². The van der Waals surface area contributed by atoms with Gasteiger partial charge in [0.15, 0.2) is 0 Å². The number of hydrogen-bond acceptors (Lipinski definition) is 2. The number of rotatable bonds is 6. The van der Waals surface area contributed by atoms with Crippen molar-refractivity contribution in [2.75, 3.05) is 6.54 Å². The fourth-order valence-corrected chi connectivity index (χ4v) is 3.35. The highest BCUT2D eigenvalue weighted by molar-refractivity contribution is 9.11. The van der Waals surface area contributed by atoms with Crippen molar-refractivity contribution in [2.24, 2.45) is 0 Å². The van der Waals surface area contributed by atoms with Crippen molar-refractivity contribution in [3.63, 3.8) is 0 Å². The molecule has 0 spiro atoms. The maximum Gasteiger partial charge on any atom is 0.105 e. The molecule has 4 heteroatoms. The first-order valence-electron chi connectivity index (χ1n) is 6.41. The minimum Gasteiger partial charge on any atom is -0.469 e. The van der Waals surface area contributed by atoms with E-state index in [0.717, 1.165) is 34.1 Å². The van der Waals surface area contributed by atoms with Gasteiger partial charge in [0.25, 0.3) is 0 Å². The van der Waals surface area contributed by atoms with E-state index in [1.54, 1.807) is 6.26 Å². The fraction of sp³-hybridized carbons (Fsp3) is 0.333. The molecule has 2 nitrogen and oxygen atoms in total. The second-order valence-corrected chi connectivity index (χ2v) is 6.23. The Morgan fingerprint density at radius 3 is 2.74 bits per heavy atom. The molecule has 0 amide bonds. The molecule has 0 saturated carbocycles. The molecule has 2 aromatic rings. The number of hydrogen-bond donors (Lipinski definition) is 1. The SMILES string of the molecule is CCCNC(Cc1ccco1)c1ccc(Br)cc1Br. The van der Waals surface area contributed by atoms with E-state index >= 15 is 0 Å². The molecule has 1 atom stereocenters. The number of benzene rings is 1. The molecule has 102 valence electrons. The van der Waals surface area contributed by atoms with Crippen LogP contribution in [0.25, 0.3) is 0 Å². The van der Waals surface area contributed by atoms with E-state index in [4.69, 9.17) is 4.42 Å². The highest BCUT2D eigenvalue weighted by Gasteiger charge is 2.16. The van der Waals surface area contributed by atoms with Crippen LogP contribution >= 0.6 is 31.9 Å². The molecule has 1 aromatic heterocycles. The van der Waals surface area contributed by atoms with Crippen molar-refractivity contribution < 1.29 is 4.42 Å². The Kier molecular flexibility index (Phi) is 5.67. The summed E-state index contributed by atoms with van der Waals surface area (Å²) in [4.78, 5) is 0. The Bertz CT molecular complexity index is 511. The zero-order valence-corrected chi connectivity index (χ0v) is 14.0. The summed E-state index contributed by atoms with van der Waals surface area (Å²) in [7, 11) is 0. The van der Waals surface area contributed by atoms with Crippen LogP contribution in [0.4, 0.5) is 0 Å². The van der Waals surface area contributed by atoms with Crippen molar-refractivity contribution in [1.29, 1.82) is 0 Å². The summed E-state index contributed by atoms with van der Waals surface area (Å²) in [6.45, 7) is 3.17. The molecule has 19 heavy (non-hydrogen) atoms. The van der Waals surface area contributed by atoms with Crippen LogP contribution in [0.1, 0.15) is 30.7 Å². The van der Waals surface area contributed by atoms with Crippen molar-refractivity contribution in [3.8, 4) is 0 Å². The molecule has 0 fully saturated rings. The molecular weight excluding hydrogens is 370 g/mol. The number of furan rings is 1. The van der Waals surface area contributed by atoms with Crippen molar-refractivity contribution in [2.45, 2.75) is 25.8 Å². The first kappa shape index (κ1) is 14.8. The summed E-state index contributed by atoms with van der Waals surface area (Å²) in [5.74, 6) is 1.00. The predicted octanol–water partition coefficient (Wildman–Crippen LogP) is 5.09. The van der Waals surface area contributed by atoms with E-state index in [1.807, 2.05) is 12.1 Å². The zero-order chi connectivity index (χ0) is 13.7. The molecule has 0 saturated heterocycles. The Labute approximate surface area is 130 Å². The van der Waals surface area contributed by atoms with E-state index in [1.165, 1.54) is 5.56 Å². The maximum atomic E-state index is 5.46. The summed E-state index contributed by atoms with van der Waals surface area (Å²) in [6, 6.07) is 10.5. The Morgan fingerprint density at radius 1 is 1.26 bits per heavy atom. The number of nitrogens with one attached hydrogen (secondary N) is 1. The molecule has 0 radical (unpaired) electrons. The molecule has 0 aliphatic carbocycles. The van der Waals surface area contributed by atoms with Gasteiger partial charge in [-0.1, -0.05) is 44.8 Å². The molecule has 1 N–H and O–H groups in total. The lowest BCUT2D eigenvalue weighted by Crippen LogP contribution is -2.24. The lowest BCUT2D eigenvalue weighted by molar-refractivity contribution is 0.448. The summed E-state index contributed by atoms with van der Waals surface area (Å²) < 4.78 is 7.66. The van der Waals surface area contributed by atoms with Crippen LogP contribution in [0.2, 0.25) is 0 Å². The van der Waals surface area contributed by atoms with Gasteiger partial charge in [-0.25, -0.2) is 0 Å². The Morgan fingerprint density at radius 2 is 2.11 bits per heavy atom. The second-order valence-electron chi connectivity index (χ2n) is 4.46. The van der Waals surface area contributed by atoms with Crippen LogP contribution in [0.3, 0.4) is 0 Å². The summed E-state index contributed by atoms with van der Waals surface area (Å²) in [5, 5.41) is 3.58. The minimum atomic E-state index is 0.258. The van der Waals surface area contributed by atoms with Gasteiger partial charge in [0, 0.05) is 21.4 Å². The van der Waals surface area contributed by atoms with Crippen molar-refractivity contribution in [1.82, 2.24) is 5.32 Å². The van der Waals surface area contributed by atoms with E-state index in [9.17, 15) is 0 Å². The highest BCUT2D eigenvalue weighted by atomic mass is 79.9. The van der Waals surface area contributed by atoms with E-state index < -0.39 is 0 Å². The van der Waals surface area contributed by atoms with Crippen molar-refractivity contribution >= 4 is 31.9 Å². The molecule has 0 aliphatic rings. The van der Waals surface area contributed by atoms with E-state index in [0.29, 0.717) is 0 Å². The van der Waals surface area contributed by atoms with Gasteiger partial charge in [-0.15, -0.1) is 0 Å². The topological polar surface area (TPSA) is 25.2 Å². The largest absolute Gasteiger partial charge is 0.469 e. The first-order chi connectivity index (χ1) is 9.20.